The zero-order valence-corrected chi connectivity index (χ0v) is 25.9. The first-order valence-electron chi connectivity index (χ1n) is 15.6. The van der Waals surface area contributed by atoms with Crippen LogP contribution in [0, 0.1) is 0 Å². The van der Waals surface area contributed by atoms with Crippen molar-refractivity contribution in [1.82, 2.24) is 0 Å². The van der Waals surface area contributed by atoms with Gasteiger partial charge in [-0.1, -0.05) is 158 Å². The van der Waals surface area contributed by atoms with Gasteiger partial charge in [-0.25, -0.2) is 0 Å². The van der Waals surface area contributed by atoms with Crippen LogP contribution in [0.4, 0.5) is 0 Å². The molecule has 1 aliphatic heterocycles. The molecule has 7 aromatic rings. The molecule has 1 spiro atoms. The second-order valence-electron chi connectivity index (χ2n) is 12.0. The van der Waals surface area contributed by atoms with Crippen molar-refractivity contribution in [1.29, 1.82) is 0 Å². The molecule has 0 fully saturated rings. The van der Waals surface area contributed by atoms with Crippen molar-refractivity contribution in [2.75, 3.05) is 0 Å². The summed E-state index contributed by atoms with van der Waals surface area (Å²) in [5.41, 5.74) is 8.87. The number of para-hydroxylation sites is 1. The fourth-order valence-corrected chi connectivity index (χ4v) is 10.3. The number of benzene rings is 7. The van der Waals surface area contributed by atoms with Crippen LogP contribution >= 0.6 is 7.14 Å². The van der Waals surface area contributed by atoms with Crippen LogP contribution in [0.25, 0.3) is 22.3 Å². The van der Waals surface area contributed by atoms with E-state index in [4.69, 9.17) is 4.74 Å². The monoisotopic (exact) mass is 608 g/mol. The molecule has 0 amide bonds. The molecule has 0 aromatic heterocycles. The molecular weight excluding hydrogens is 579 g/mol. The van der Waals surface area contributed by atoms with E-state index in [-0.39, 0.29) is 0 Å². The third-order valence-electron chi connectivity index (χ3n) is 9.63. The third kappa shape index (κ3) is 3.75. The second kappa shape index (κ2) is 10.3. The highest BCUT2D eigenvalue weighted by molar-refractivity contribution is 7.85. The van der Waals surface area contributed by atoms with E-state index >= 15 is 4.57 Å². The summed E-state index contributed by atoms with van der Waals surface area (Å²) in [6.07, 6.45) is 0. The van der Waals surface area contributed by atoms with Crippen LogP contribution in [0.5, 0.6) is 11.5 Å². The highest BCUT2D eigenvalue weighted by Crippen LogP contribution is 2.62. The van der Waals surface area contributed by atoms with E-state index in [1.54, 1.807) is 0 Å². The molecule has 0 bridgehead atoms. The fourth-order valence-electron chi connectivity index (χ4n) is 7.64. The van der Waals surface area contributed by atoms with Crippen molar-refractivity contribution in [2.45, 2.75) is 5.41 Å². The number of fused-ring (bicyclic) bond motifs is 9. The van der Waals surface area contributed by atoms with E-state index in [2.05, 4.69) is 97.1 Å². The Labute approximate surface area is 269 Å². The molecule has 9 rings (SSSR count). The SMILES string of the molecule is O=P(c1ccccc1)(c1ccccc1)c1cccc(-c2ccc3c(c2)Oc2ccccc2C32c3ccccc3-c3ccccc32)c1. The van der Waals surface area contributed by atoms with E-state index in [1.165, 1.54) is 22.3 Å². The fraction of sp³-hybridized carbons (Fsp3) is 0.0233. The summed E-state index contributed by atoms with van der Waals surface area (Å²) in [6.45, 7) is 0. The quantitative estimate of drug-likeness (QED) is 0.186. The second-order valence-corrected chi connectivity index (χ2v) is 14.7. The molecule has 0 atom stereocenters. The van der Waals surface area contributed by atoms with E-state index in [0.717, 1.165) is 49.7 Å². The van der Waals surface area contributed by atoms with E-state index < -0.39 is 12.6 Å². The Bertz CT molecular complexity index is 2240. The predicted molar refractivity (Wildman–Crippen MR) is 189 cm³/mol. The lowest BCUT2D eigenvalue weighted by Crippen LogP contribution is -2.32. The molecule has 2 aliphatic rings. The molecule has 0 radical (unpaired) electrons. The van der Waals surface area contributed by atoms with Crippen molar-refractivity contribution in [3.8, 4) is 33.8 Å². The van der Waals surface area contributed by atoms with E-state index in [0.29, 0.717) is 0 Å². The lowest BCUT2D eigenvalue weighted by Gasteiger charge is -2.39. The van der Waals surface area contributed by atoms with Gasteiger partial charge < -0.3 is 9.30 Å². The summed E-state index contributed by atoms with van der Waals surface area (Å²) >= 11 is 0. The Morgan fingerprint density at radius 2 is 0.891 bits per heavy atom. The van der Waals surface area contributed by atoms with Crippen molar-refractivity contribution >= 4 is 23.1 Å². The van der Waals surface area contributed by atoms with Gasteiger partial charge in [-0.2, -0.15) is 0 Å². The molecule has 218 valence electrons. The predicted octanol–water partition coefficient (Wildman–Crippen LogP) is 9.46. The first-order valence-corrected chi connectivity index (χ1v) is 17.3. The van der Waals surface area contributed by atoms with Gasteiger partial charge in [0, 0.05) is 27.0 Å². The van der Waals surface area contributed by atoms with Crippen LogP contribution in [0.3, 0.4) is 0 Å². The number of hydrogen-bond acceptors (Lipinski definition) is 2. The Morgan fingerprint density at radius 1 is 0.391 bits per heavy atom. The maximum atomic E-state index is 15.2. The van der Waals surface area contributed by atoms with Gasteiger partial charge in [0.25, 0.3) is 0 Å². The van der Waals surface area contributed by atoms with Crippen molar-refractivity contribution < 1.29 is 9.30 Å². The maximum absolute atomic E-state index is 15.2. The van der Waals surface area contributed by atoms with Gasteiger partial charge in [0.05, 0.1) is 5.41 Å². The zero-order chi connectivity index (χ0) is 30.7. The largest absolute Gasteiger partial charge is 0.457 e. The zero-order valence-electron chi connectivity index (χ0n) is 25.0. The van der Waals surface area contributed by atoms with Gasteiger partial charge in [-0.15, -0.1) is 0 Å². The molecule has 0 saturated heterocycles. The molecule has 2 nitrogen and oxygen atoms in total. The standard InChI is InChI=1S/C43H29O2P/c44-46(32-15-3-1-4-16-32,33-17-5-2-6-18-33)34-19-13-14-30(28-34)31-26-27-40-42(29-31)45-41-25-12-11-24-39(41)43(40)37-22-9-7-20-35(37)36-21-8-10-23-38(36)43/h1-29H. The lowest BCUT2D eigenvalue weighted by atomic mass is 9.66. The molecule has 1 aliphatic carbocycles. The molecule has 3 heteroatoms. The number of rotatable bonds is 4. The molecule has 7 aromatic carbocycles. The lowest BCUT2D eigenvalue weighted by molar-refractivity contribution is 0.436. The van der Waals surface area contributed by atoms with Gasteiger partial charge in [0.15, 0.2) is 7.14 Å². The van der Waals surface area contributed by atoms with Crippen LogP contribution in [0.2, 0.25) is 0 Å². The van der Waals surface area contributed by atoms with Crippen LogP contribution < -0.4 is 20.7 Å². The topological polar surface area (TPSA) is 26.3 Å². The molecule has 0 unspecified atom stereocenters. The molecule has 1 heterocycles. The van der Waals surface area contributed by atoms with Gasteiger partial charge >= 0.3 is 0 Å². The first-order chi connectivity index (χ1) is 22.7. The summed E-state index contributed by atoms with van der Waals surface area (Å²) < 4.78 is 21.9. The van der Waals surface area contributed by atoms with E-state index in [1.807, 2.05) is 78.9 Å². The Hall–Kier alpha value is -5.43. The average Bonchev–Trinajstić information content (AvgIpc) is 3.43. The van der Waals surface area contributed by atoms with Gasteiger partial charge in [-0.3, -0.25) is 0 Å². The average molecular weight is 609 g/mol. The first kappa shape index (κ1) is 26.9. The van der Waals surface area contributed by atoms with Crippen molar-refractivity contribution in [2.24, 2.45) is 0 Å². The summed E-state index contributed by atoms with van der Waals surface area (Å²) in [5.74, 6) is 1.70. The summed E-state index contributed by atoms with van der Waals surface area (Å²) in [4.78, 5) is 0. The van der Waals surface area contributed by atoms with Gasteiger partial charge in [0.2, 0.25) is 0 Å². The summed E-state index contributed by atoms with van der Waals surface area (Å²) in [7, 11) is -3.12. The smallest absolute Gasteiger partial charge is 0.171 e. The molecule has 0 saturated carbocycles. The highest BCUT2D eigenvalue weighted by atomic mass is 31.2. The molecule has 0 N–H and O–H groups in total. The summed E-state index contributed by atoms with van der Waals surface area (Å²) in [5, 5.41) is 2.45. The van der Waals surface area contributed by atoms with Crippen molar-refractivity contribution in [3.63, 3.8) is 0 Å². The minimum absolute atomic E-state index is 0.492. The van der Waals surface area contributed by atoms with Crippen LogP contribution in [-0.4, -0.2) is 0 Å². The van der Waals surface area contributed by atoms with Gasteiger partial charge in [-0.05, 0) is 51.6 Å². The third-order valence-corrected chi connectivity index (χ3v) is 12.7. The number of ether oxygens (including phenoxy) is 1. The maximum Gasteiger partial charge on any atom is 0.171 e. The molecular formula is C43H29O2P. The number of hydrogen-bond donors (Lipinski definition) is 0. The minimum Gasteiger partial charge on any atom is -0.457 e. The van der Waals surface area contributed by atoms with Crippen molar-refractivity contribution in [3.05, 3.63) is 198 Å². The Morgan fingerprint density at radius 3 is 1.54 bits per heavy atom. The highest BCUT2D eigenvalue weighted by Gasteiger charge is 2.50. The van der Waals surface area contributed by atoms with E-state index in [9.17, 15) is 0 Å². The Balaban J connectivity index is 1.24. The van der Waals surface area contributed by atoms with Crippen LogP contribution in [-0.2, 0) is 9.98 Å². The molecule has 46 heavy (non-hydrogen) atoms. The minimum atomic E-state index is -3.12. The van der Waals surface area contributed by atoms with Gasteiger partial charge in [0.1, 0.15) is 11.5 Å². The normalized spacial score (nSPS) is 13.7. The Kier molecular flexibility index (Phi) is 6.03. The van der Waals surface area contributed by atoms with Crippen LogP contribution in [0.15, 0.2) is 176 Å². The summed E-state index contributed by atoms with van der Waals surface area (Å²) in [6, 6.07) is 60.4. The van der Waals surface area contributed by atoms with Crippen LogP contribution in [0.1, 0.15) is 22.3 Å².